The summed E-state index contributed by atoms with van der Waals surface area (Å²) in [7, 11) is 4.71. The maximum Gasteiger partial charge on any atom is 0.410 e. The van der Waals surface area contributed by atoms with Crippen molar-refractivity contribution in [3.8, 4) is 17.5 Å². The zero-order valence-corrected chi connectivity index (χ0v) is 16.0. The largest absolute Gasteiger partial charge is 0.496 e. The van der Waals surface area contributed by atoms with Gasteiger partial charge in [-0.3, -0.25) is 4.90 Å². The van der Waals surface area contributed by atoms with E-state index in [1.165, 1.54) is 0 Å². The first-order valence-electron chi connectivity index (χ1n) is 8.94. The maximum absolute atomic E-state index is 12.4. The van der Waals surface area contributed by atoms with Crippen molar-refractivity contribution in [2.24, 2.45) is 0 Å². The lowest BCUT2D eigenvalue weighted by atomic mass is 10.1. The molecule has 2 aliphatic heterocycles. The van der Waals surface area contributed by atoms with Gasteiger partial charge in [0.2, 0.25) is 17.7 Å². The van der Waals surface area contributed by atoms with Crippen LogP contribution in [0.2, 0.25) is 0 Å². The lowest BCUT2D eigenvalue weighted by molar-refractivity contribution is 0.135. The van der Waals surface area contributed by atoms with Crippen LogP contribution in [-0.4, -0.2) is 67.5 Å². The fourth-order valence-corrected chi connectivity index (χ4v) is 3.61. The summed E-state index contributed by atoms with van der Waals surface area (Å²) >= 11 is 0. The molecule has 28 heavy (non-hydrogen) atoms. The molecular weight excluding hydrogens is 364 g/mol. The molecule has 0 aliphatic carbocycles. The number of nitrogens with zero attached hydrogens (tertiary/aromatic N) is 4. The lowest BCUT2D eigenvalue weighted by Crippen LogP contribution is -2.37. The van der Waals surface area contributed by atoms with E-state index in [9.17, 15) is 4.79 Å². The van der Waals surface area contributed by atoms with E-state index in [0.29, 0.717) is 37.3 Å². The average Bonchev–Trinajstić information content (AvgIpc) is 3.26. The molecule has 9 heteroatoms. The summed E-state index contributed by atoms with van der Waals surface area (Å²) in [6.07, 6.45) is -0.562. The van der Waals surface area contributed by atoms with Gasteiger partial charge in [-0.15, -0.1) is 0 Å². The van der Waals surface area contributed by atoms with Crippen molar-refractivity contribution in [3.63, 3.8) is 0 Å². The standard InChI is InChI=1S/C19H22N4O5/c1-25-14-7-5-4-6-12(14)9-23-13-10-22(11-15(13)28-19(23)24)18-20-16(26-2)8-17(21-18)27-3/h4-8,13,15H,9-11H2,1-3H3/t13-,15+/m1/s1. The number of hydrogen-bond donors (Lipinski definition) is 0. The molecule has 2 saturated heterocycles. The van der Waals surface area contributed by atoms with E-state index in [2.05, 4.69) is 9.97 Å². The summed E-state index contributed by atoms with van der Waals surface area (Å²) in [6.45, 7) is 1.48. The molecule has 0 spiro atoms. The molecule has 0 N–H and O–H groups in total. The number of anilines is 1. The molecule has 2 aromatic rings. The average molecular weight is 386 g/mol. The van der Waals surface area contributed by atoms with Gasteiger partial charge >= 0.3 is 6.09 Å². The summed E-state index contributed by atoms with van der Waals surface area (Å²) in [5.74, 6) is 2.07. The fourth-order valence-electron chi connectivity index (χ4n) is 3.61. The Morgan fingerprint density at radius 2 is 1.79 bits per heavy atom. The minimum Gasteiger partial charge on any atom is -0.496 e. The molecule has 2 fully saturated rings. The van der Waals surface area contributed by atoms with E-state index in [1.807, 2.05) is 29.2 Å². The smallest absolute Gasteiger partial charge is 0.410 e. The van der Waals surface area contributed by atoms with Crippen molar-refractivity contribution in [2.75, 3.05) is 39.3 Å². The molecule has 2 aliphatic rings. The minimum absolute atomic E-state index is 0.0989. The van der Waals surface area contributed by atoms with Crippen LogP contribution in [0.15, 0.2) is 30.3 Å². The maximum atomic E-state index is 12.4. The molecule has 1 amide bonds. The van der Waals surface area contributed by atoms with E-state index in [-0.39, 0.29) is 18.2 Å². The van der Waals surface area contributed by atoms with Crippen molar-refractivity contribution in [1.29, 1.82) is 0 Å². The topological polar surface area (TPSA) is 86.3 Å². The van der Waals surface area contributed by atoms with Crippen LogP contribution in [0, 0.1) is 0 Å². The Bertz CT molecular complexity index is 855. The van der Waals surface area contributed by atoms with E-state index >= 15 is 0 Å². The van der Waals surface area contributed by atoms with Gasteiger partial charge in [0.25, 0.3) is 0 Å². The molecule has 3 heterocycles. The van der Waals surface area contributed by atoms with Crippen molar-refractivity contribution < 1.29 is 23.7 Å². The third-order valence-corrected chi connectivity index (χ3v) is 5.03. The zero-order valence-electron chi connectivity index (χ0n) is 16.0. The number of hydrogen-bond acceptors (Lipinski definition) is 8. The van der Waals surface area contributed by atoms with Crippen molar-refractivity contribution in [2.45, 2.75) is 18.7 Å². The normalized spacial score (nSPS) is 20.8. The Balaban J connectivity index is 1.54. The Kier molecular flexibility index (Phi) is 4.81. The highest BCUT2D eigenvalue weighted by Crippen LogP contribution is 2.32. The Morgan fingerprint density at radius 1 is 1.07 bits per heavy atom. The number of aromatic nitrogens is 2. The molecule has 0 unspecified atom stereocenters. The molecular formula is C19H22N4O5. The first kappa shape index (κ1) is 18.1. The minimum atomic E-state index is -0.315. The lowest BCUT2D eigenvalue weighted by Gasteiger charge is -2.23. The van der Waals surface area contributed by atoms with Gasteiger partial charge in [-0.2, -0.15) is 9.97 Å². The molecule has 1 aromatic heterocycles. The predicted molar refractivity (Wildman–Crippen MR) is 99.9 cm³/mol. The van der Waals surface area contributed by atoms with Crippen LogP contribution in [0.3, 0.4) is 0 Å². The number of ether oxygens (including phenoxy) is 4. The van der Waals surface area contributed by atoms with Crippen LogP contribution in [0.4, 0.5) is 10.7 Å². The molecule has 0 bridgehead atoms. The quantitative estimate of drug-likeness (QED) is 0.742. The van der Waals surface area contributed by atoms with Crippen molar-refractivity contribution in [3.05, 3.63) is 35.9 Å². The highest BCUT2D eigenvalue weighted by Gasteiger charge is 2.48. The summed E-state index contributed by atoms with van der Waals surface area (Å²) in [6, 6.07) is 9.17. The number of benzene rings is 1. The van der Waals surface area contributed by atoms with Crippen molar-refractivity contribution >= 4 is 12.0 Å². The van der Waals surface area contributed by atoms with E-state index in [0.717, 1.165) is 11.3 Å². The fraction of sp³-hybridized carbons (Fsp3) is 0.421. The first-order chi connectivity index (χ1) is 13.6. The van der Waals surface area contributed by atoms with Gasteiger partial charge in [-0.25, -0.2) is 4.79 Å². The Hall–Kier alpha value is -3.23. The number of para-hydroxylation sites is 1. The third-order valence-electron chi connectivity index (χ3n) is 5.03. The van der Waals surface area contributed by atoms with Gasteiger partial charge < -0.3 is 23.8 Å². The van der Waals surface area contributed by atoms with Crippen molar-refractivity contribution in [1.82, 2.24) is 14.9 Å². The summed E-state index contributed by atoms with van der Waals surface area (Å²) in [4.78, 5) is 24.9. The molecule has 2 atom stereocenters. The second-order valence-corrected chi connectivity index (χ2v) is 6.59. The van der Waals surface area contributed by atoms with Crippen LogP contribution in [0.1, 0.15) is 5.56 Å². The number of methoxy groups -OCH3 is 3. The SMILES string of the molecule is COc1cc(OC)nc(N2C[C@@H]3OC(=O)N(Cc4ccccc4OC)[C@@H]3C2)n1. The van der Waals surface area contributed by atoms with Crippen LogP contribution >= 0.6 is 0 Å². The van der Waals surface area contributed by atoms with Gasteiger partial charge in [-0.1, -0.05) is 18.2 Å². The first-order valence-corrected chi connectivity index (χ1v) is 8.94. The van der Waals surface area contributed by atoms with Gasteiger partial charge in [0, 0.05) is 12.1 Å². The molecule has 9 nitrogen and oxygen atoms in total. The predicted octanol–water partition coefficient (Wildman–Crippen LogP) is 1.71. The van der Waals surface area contributed by atoms with E-state index < -0.39 is 0 Å². The Labute approximate surface area is 162 Å². The number of rotatable bonds is 6. The molecule has 4 rings (SSSR count). The molecule has 0 radical (unpaired) electrons. The third kappa shape index (κ3) is 3.23. The second-order valence-electron chi connectivity index (χ2n) is 6.59. The van der Waals surface area contributed by atoms with Crippen LogP contribution in [0.5, 0.6) is 17.5 Å². The van der Waals surface area contributed by atoms with Gasteiger partial charge in [0.15, 0.2) is 0 Å². The number of amides is 1. The monoisotopic (exact) mass is 386 g/mol. The number of carbonyl (C=O) groups excluding carboxylic acids is 1. The van der Waals surface area contributed by atoms with Crippen LogP contribution in [0.25, 0.3) is 0 Å². The second kappa shape index (κ2) is 7.41. The van der Waals surface area contributed by atoms with Gasteiger partial charge in [0.1, 0.15) is 11.9 Å². The summed E-state index contributed by atoms with van der Waals surface area (Å²) < 4.78 is 21.5. The molecule has 0 saturated carbocycles. The van der Waals surface area contributed by atoms with E-state index in [4.69, 9.17) is 18.9 Å². The Morgan fingerprint density at radius 3 is 2.46 bits per heavy atom. The highest BCUT2D eigenvalue weighted by atomic mass is 16.6. The van der Waals surface area contributed by atoms with Crippen LogP contribution < -0.4 is 19.1 Å². The summed E-state index contributed by atoms with van der Waals surface area (Å²) in [5.41, 5.74) is 0.931. The summed E-state index contributed by atoms with van der Waals surface area (Å²) in [5, 5.41) is 0. The van der Waals surface area contributed by atoms with Gasteiger partial charge in [0.05, 0.1) is 46.5 Å². The van der Waals surface area contributed by atoms with Gasteiger partial charge in [-0.05, 0) is 6.07 Å². The van der Waals surface area contributed by atoms with E-state index in [1.54, 1.807) is 32.3 Å². The number of fused-ring (bicyclic) bond motifs is 1. The molecule has 148 valence electrons. The number of carbonyl (C=O) groups is 1. The zero-order chi connectivity index (χ0) is 19.7. The highest BCUT2D eigenvalue weighted by molar-refractivity contribution is 5.72. The molecule has 1 aromatic carbocycles. The van der Waals surface area contributed by atoms with Crippen LogP contribution in [-0.2, 0) is 11.3 Å².